The molecule has 1 heterocycles. The SMILES string of the molecule is c1ccc(-n2c3ccccc3c3cc(-c4ccccc4-c4ccc5c6ccccc6c6ccccc6c5c4)ccc32)cc1. The highest BCUT2D eigenvalue weighted by atomic mass is 15.0. The van der Waals surface area contributed by atoms with Gasteiger partial charge in [0.2, 0.25) is 0 Å². The van der Waals surface area contributed by atoms with E-state index in [4.69, 9.17) is 0 Å². The van der Waals surface area contributed by atoms with E-state index in [9.17, 15) is 0 Å². The predicted octanol–water partition coefficient (Wildman–Crippen LogP) is 11.6. The fourth-order valence-corrected chi connectivity index (χ4v) is 7.06. The first-order valence-electron chi connectivity index (χ1n) is 14.9. The van der Waals surface area contributed by atoms with Gasteiger partial charge in [-0.15, -0.1) is 0 Å². The highest BCUT2D eigenvalue weighted by Gasteiger charge is 2.15. The molecule has 0 atom stereocenters. The van der Waals surface area contributed by atoms with E-state index in [-0.39, 0.29) is 0 Å². The second kappa shape index (κ2) is 9.44. The zero-order valence-electron chi connectivity index (χ0n) is 23.5. The van der Waals surface area contributed by atoms with Gasteiger partial charge < -0.3 is 4.57 Å². The fourth-order valence-electron chi connectivity index (χ4n) is 7.06. The molecule has 43 heavy (non-hydrogen) atoms. The first-order valence-corrected chi connectivity index (χ1v) is 14.9. The highest BCUT2D eigenvalue weighted by molar-refractivity contribution is 6.25. The summed E-state index contributed by atoms with van der Waals surface area (Å²) in [5.41, 5.74) is 8.56. The van der Waals surface area contributed by atoms with E-state index in [1.807, 2.05) is 0 Å². The summed E-state index contributed by atoms with van der Waals surface area (Å²) in [6.07, 6.45) is 0. The molecule has 0 unspecified atom stereocenters. The molecule has 0 aliphatic rings. The highest BCUT2D eigenvalue weighted by Crippen LogP contribution is 2.41. The zero-order valence-corrected chi connectivity index (χ0v) is 23.5. The van der Waals surface area contributed by atoms with Crippen LogP contribution in [0.15, 0.2) is 164 Å². The summed E-state index contributed by atoms with van der Waals surface area (Å²) in [7, 11) is 0. The molecule has 0 amide bonds. The average molecular weight is 546 g/mol. The number of aromatic nitrogens is 1. The molecule has 8 aromatic carbocycles. The van der Waals surface area contributed by atoms with Crippen molar-refractivity contribution in [1.29, 1.82) is 0 Å². The van der Waals surface area contributed by atoms with Gasteiger partial charge in [-0.1, -0.05) is 127 Å². The third-order valence-corrected chi connectivity index (χ3v) is 8.98. The molecule has 200 valence electrons. The third kappa shape index (κ3) is 3.65. The largest absolute Gasteiger partial charge is 0.309 e. The lowest BCUT2D eigenvalue weighted by molar-refractivity contribution is 1.18. The van der Waals surface area contributed by atoms with Gasteiger partial charge in [0.1, 0.15) is 0 Å². The second-order valence-corrected chi connectivity index (χ2v) is 11.3. The van der Waals surface area contributed by atoms with Crippen molar-refractivity contribution in [2.24, 2.45) is 0 Å². The Morgan fingerprint density at radius 1 is 0.279 bits per heavy atom. The number of fused-ring (bicyclic) bond motifs is 9. The Kier molecular flexibility index (Phi) is 5.27. The predicted molar refractivity (Wildman–Crippen MR) is 184 cm³/mol. The Morgan fingerprint density at radius 2 is 0.721 bits per heavy atom. The van der Waals surface area contributed by atoms with Crippen LogP contribution in [-0.4, -0.2) is 4.57 Å². The van der Waals surface area contributed by atoms with Crippen molar-refractivity contribution in [1.82, 2.24) is 4.57 Å². The molecule has 0 N–H and O–H groups in total. The van der Waals surface area contributed by atoms with Crippen molar-refractivity contribution in [3.8, 4) is 27.9 Å². The Hall–Kier alpha value is -5.66. The molecule has 1 heteroatoms. The molecule has 0 saturated carbocycles. The van der Waals surface area contributed by atoms with Crippen molar-refractivity contribution >= 4 is 54.1 Å². The van der Waals surface area contributed by atoms with E-state index in [0.29, 0.717) is 0 Å². The van der Waals surface area contributed by atoms with Crippen LogP contribution < -0.4 is 0 Å². The van der Waals surface area contributed by atoms with Gasteiger partial charge in [0.25, 0.3) is 0 Å². The van der Waals surface area contributed by atoms with E-state index in [1.165, 1.54) is 82.1 Å². The Morgan fingerprint density at radius 3 is 1.37 bits per heavy atom. The first kappa shape index (κ1) is 24.0. The maximum Gasteiger partial charge on any atom is 0.0541 e. The Balaban J connectivity index is 1.27. The van der Waals surface area contributed by atoms with Crippen LogP contribution >= 0.6 is 0 Å². The van der Waals surface area contributed by atoms with Crippen LogP contribution in [0.25, 0.3) is 82.1 Å². The van der Waals surface area contributed by atoms with Gasteiger partial charge in [-0.3, -0.25) is 0 Å². The average Bonchev–Trinajstić information content (AvgIpc) is 3.42. The van der Waals surface area contributed by atoms with Crippen LogP contribution in [0.1, 0.15) is 0 Å². The van der Waals surface area contributed by atoms with Crippen LogP contribution in [0.2, 0.25) is 0 Å². The zero-order chi connectivity index (χ0) is 28.3. The molecule has 0 aliphatic carbocycles. The van der Waals surface area contributed by atoms with Gasteiger partial charge >= 0.3 is 0 Å². The quantitative estimate of drug-likeness (QED) is 0.195. The minimum Gasteiger partial charge on any atom is -0.309 e. The smallest absolute Gasteiger partial charge is 0.0541 e. The van der Waals surface area contributed by atoms with Crippen molar-refractivity contribution in [3.63, 3.8) is 0 Å². The number of hydrogen-bond acceptors (Lipinski definition) is 0. The molecule has 0 bridgehead atoms. The van der Waals surface area contributed by atoms with Gasteiger partial charge in [0.05, 0.1) is 11.0 Å². The maximum atomic E-state index is 2.39. The van der Waals surface area contributed by atoms with E-state index in [2.05, 4.69) is 168 Å². The molecule has 9 rings (SSSR count). The van der Waals surface area contributed by atoms with Crippen LogP contribution in [-0.2, 0) is 0 Å². The molecular weight excluding hydrogens is 518 g/mol. The van der Waals surface area contributed by atoms with E-state index >= 15 is 0 Å². The molecule has 0 spiro atoms. The minimum atomic E-state index is 1.18. The minimum absolute atomic E-state index is 1.18. The van der Waals surface area contributed by atoms with Crippen molar-refractivity contribution in [2.45, 2.75) is 0 Å². The molecular formula is C42H27N. The summed E-state index contributed by atoms with van der Waals surface area (Å²) in [5, 5.41) is 10.3. The summed E-state index contributed by atoms with van der Waals surface area (Å²) in [4.78, 5) is 0. The number of benzene rings is 8. The first-order chi connectivity index (χ1) is 21.3. The molecule has 0 fully saturated rings. The number of para-hydroxylation sites is 2. The van der Waals surface area contributed by atoms with E-state index < -0.39 is 0 Å². The molecule has 0 radical (unpaired) electrons. The van der Waals surface area contributed by atoms with Crippen molar-refractivity contribution in [3.05, 3.63) is 164 Å². The molecule has 0 aliphatic heterocycles. The van der Waals surface area contributed by atoms with E-state index in [0.717, 1.165) is 0 Å². The lowest BCUT2D eigenvalue weighted by atomic mass is 9.89. The maximum absolute atomic E-state index is 2.39. The monoisotopic (exact) mass is 545 g/mol. The summed E-state index contributed by atoms with van der Waals surface area (Å²) in [5.74, 6) is 0. The third-order valence-electron chi connectivity index (χ3n) is 8.98. The van der Waals surface area contributed by atoms with Gasteiger partial charge in [-0.2, -0.15) is 0 Å². The molecule has 1 nitrogen and oxygen atoms in total. The van der Waals surface area contributed by atoms with Crippen LogP contribution in [0, 0.1) is 0 Å². The fraction of sp³-hybridized carbons (Fsp3) is 0. The lowest BCUT2D eigenvalue weighted by Gasteiger charge is -2.14. The Bertz CT molecular complexity index is 2460. The number of rotatable bonds is 3. The lowest BCUT2D eigenvalue weighted by Crippen LogP contribution is -1.93. The summed E-state index contributed by atoms with van der Waals surface area (Å²) in [6.45, 7) is 0. The summed E-state index contributed by atoms with van der Waals surface area (Å²) in [6, 6.07) is 59.7. The van der Waals surface area contributed by atoms with Crippen LogP contribution in [0.3, 0.4) is 0 Å². The van der Waals surface area contributed by atoms with Gasteiger partial charge in [-0.25, -0.2) is 0 Å². The summed E-state index contributed by atoms with van der Waals surface area (Å²) < 4.78 is 2.37. The second-order valence-electron chi connectivity index (χ2n) is 11.3. The molecule has 1 aromatic heterocycles. The van der Waals surface area contributed by atoms with Gasteiger partial charge in [0, 0.05) is 16.5 Å². The topological polar surface area (TPSA) is 4.93 Å². The van der Waals surface area contributed by atoms with Gasteiger partial charge in [0.15, 0.2) is 0 Å². The van der Waals surface area contributed by atoms with Crippen LogP contribution in [0.4, 0.5) is 0 Å². The molecule has 0 saturated heterocycles. The van der Waals surface area contributed by atoms with E-state index in [1.54, 1.807) is 0 Å². The normalized spacial score (nSPS) is 11.7. The standard InChI is InChI=1S/C42H27N/c1-2-12-30(13-3-1)43-41-21-11-10-20-38(41)40-27-29(23-25-42(40)43)32-15-5-4-14-31(32)28-22-24-37-35-18-7-6-16-33(35)34-17-8-9-19-36(34)39(37)26-28/h1-27H. The Labute approximate surface area is 249 Å². The summed E-state index contributed by atoms with van der Waals surface area (Å²) >= 11 is 0. The van der Waals surface area contributed by atoms with Crippen molar-refractivity contribution in [2.75, 3.05) is 0 Å². The van der Waals surface area contributed by atoms with Crippen LogP contribution in [0.5, 0.6) is 0 Å². The van der Waals surface area contributed by atoms with Crippen molar-refractivity contribution < 1.29 is 0 Å². The molecule has 9 aromatic rings. The van der Waals surface area contributed by atoms with Gasteiger partial charge in [-0.05, 0) is 91.0 Å². The number of nitrogens with zero attached hydrogens (tertiary/aromatic N) is 1. The number of hydrogen-bond donors (Lipinski definition) is 0.